The first-order chi connectivity index (χ1) is 9.47. The maximum Gasteiger partial charge on any atom is 0.315 e. The van der Waals surface area contributed by atoms with E-state index >= 15 is 0 Å². The van der Waals surface area contributed by atoms with Gasteiger partial charge in [-0.2, -0.15) is 5.10 Å². The molecule has 1 amide bonds. The van der Waals surface area contributed by atoms with E-state index in [0.717, 1.165) is 23.9 Å². The van der Waals surface area contributed by atoms with Crippen LogP contribution in [0.15, 0.2) is 16.9 Å². The lowest BCUT2D eigenvalue weighted by Gasteiger charge is -2.32. The summed E-state index contributed by atoms with van der Waals surface area (Å²) in [7, 11) is 0. The lowest BCUT2D eigenvalue weighted by atomic mass is 9.96. The Labute approximate surface area is 125 Å². The molecule has 0 aliphatic carbocycles. The van der Waals surface area contributed by atoms with Gasteiger partial charge in [0, 0.05) is 25.8 Å². The molecule has 6 nitrogen and oxygen atoms in total. The standard InChI is InChI=1S/C13H18BrN3O3/c1-9(13(19)20)12(18)16-4-2-10(3-5-16)7-17-8-11(14)6-15-17/h6,8-10H,2-5,7H2,1H3,(H,19,20). The van der Waals surface area contributed by atoms with Crippen LogP contribution in [0.3, 0.4) is 0 Å². The SMILES string of the molecule is CC(C(=O)O)C(=O)N1CCC(Cn2cc(Br)cn2)CC1. The van der Waals surface area contributed by atoms with Gasteiger partial charge in [-0.3, -0.25) is 14.3 Å². The molecule has 0 aromatic carbocycles. The fourth-order valence-electron chi connectivity index (χ4n) is 2.42. The Bertz CT molecular complexity index is 495. The molecule has 2 heterocycles. The normalized spacial score (nSPS) is 18.0. The molecule has 1 aliphatic heterocycles. The number of hydrogen-bond acceptors (Lipinski definition) is 3. The van der Waals surface area contributed by atoms with Gasteiger partial charge in [0.05, 0.1) is 10.7 Å². The maximum absolute atomic E-state index is 11.9. The second-order valence-electron chi connectivity index (χ2n) is 5.21. The second-order valence-corrected chi connectivity index (χ2v) is 6.12. The summed E-state index contributed by atoms with van der Waals surface area (Å²) in [5, 5.41) is 13.1. The number of piperidine rings is 1. The molecule has 0 spiro atoms. The third-order valence-corrected chi connectivity index (χ3v) is 4.12. The van der Waals surface area contributed by atoms with Crippen molar-refractivity contribution in [1.82, 2.24) is 14.7 Å². The number of carboxylic acid groups (broad SMARTS) is 1. The Balaban J connectivity index is 1.83. The van der Waals surface area contributed by atoms with Crippen molar-refractivity contribution < 1.29 is 14.7 Å². The van der Waals surface area contributed by atoms with Gasteiger partial charge >= 0.3 is 5.97 Å². The van der Waals surface area contributed by atoms with Crippen LogP contribution in [0.2, 0.25) is 0 Å². The van der Waals surface area contributed by atoms with Crippen LogP contribution in [-0.2, 0) is 16.1 Å². The summed E-state index contributed by atoms with van der Waals surface area (Å²) in [6.07, 6.45) is 5.46. The van der Waals surface area contributed by atoms with E-state index in [1.807, 2.05) is 10.9 Å². The lowest BCUT2D eigenvalue weighted by Crippen LogP contribution is -2.43. The predicted molar refractivity (Wildman–Crippen MR) is 76.0 cm³/mol. The number of halogens is 1. The Morgan fingerprint density at radius 1 is 1.50 bits per heavy atom. The molecule has 1 aromatic rings. The van der Waals surface area contributed by atoms with E-state index in [4.69, 9.17) is 5.11 Å². The van der Waals surface area contributed by atoms with Crippen molar-refractivity contribution in [3.63, 3.8) is 0 Å². The number of likely N-dealkylation sites (tertiary alicyclic amines) is 1. The molecule has 1 N–H and O–H groups in total. The van der Waals surface area contributed by atoms with Crippen LogP contribution in [-0.4, -0.2) is 44.8 Å². The smallest absolute Gasteiger partial charge is 0.315 e. The molecule has 110 valence electrons. The number of carbonyl (C=O) groups is 2. The van der Waals surface area contributed by atoms with Crippen LogP contribution in [0.1, 0.15) is 19.8 Å². The van der Waals surface area contributed by atoms with Gasteiger partial charge in [-0.05, 0) is 41.6 Å². The molecule has 20 heavy (non-hydrogen) atoms. The number of carbonyl (C=O) groups excluding carboxylic acids is 1. The van der Waals surface area contributed by atoms with E-state index in [9.17, 15) is 9.59 Å². The third kappa shape index (κ3) is 3.59. The molecule has 0 saturated carbocycles. The van der Waals surface area contributed by atoms with Crippen molar-refractivity contribution in [2.75, 3.05) is 13.1 Å². The van der Waals surface area contributed by atoms with E-state index < -0.39 is 11.9 Å². The maximum atomic E-state index is 11.9. The van der Waals surface area contributed by atoms with Crippen LogP contribution in [0.5, 0.6) is 0 Å². The highest BCUT2D eigenvalue weighted by molar-refractivity contribution is 9.10. The molecular weight excluding hydrogens is 326 g/mol. The summed E-state index contributed by atoms with van der Waals surface area (Å²) in [6, 6.07) is 0. The zero-order chi connectivity index (χ0) is 14.7. The fraction of sp³-hybridized carbons (Fsp3) is 0.615. The van der Waals surface area contributed by atoms with Gasteiger partial charge in [0.15, 0.2) is 0 Å². The predicted octanol–water partition coefficient (Wildman–Crippen LogP) is 1.60. The zero-order valence-corrected chi connectivity index (χ0v) is 12.9. The molecule has 1 saturated heterocycles. The van der Waals surface area contributed by atoms with Gasteiger partial charge in [-0.15, -0.1) is 0 Å². The van der Waals surface area contributed by atoms with E-state index in [0.29, 0.717) is 19.0 Å². The summed E-state index contributed by atoms with van der Waals surface area (Å²) >= 11 is 3.36. The van der Waals surface area contributed by atoms with E-state index in [2.05, 4.69) is 21.0 Å². The summed E-state index contributed by atoms with van der Waals surface area (Å²) in [6.45, 7) is 3.53. The zero-order valence-electron chi connectivity index (χ0n) is 11.3. The van der Waals surface area contributed by atoms with Crippen LogP contribution < -0.4 is 0 Å². The fourth-order valence-corrected chi connectivity index (χ4v) is 2.75. The molecule has 0 bridgehead atoms. The Morgan fingerprint density at radius 2 is 2.15 bits per heavy atom. The highest BCUT2D eigenvalue weighted by Crippen LogP contribution is 2.21. The van der Waals surface area contributed by atoms with Crippen molar-refractivity contribution in [3.8, 4) is 0 Å². The third-order valence-electron chi connectivity index (χ3n) is 3.71. The Hall–Kier alpha value is -1.37. The highest BCUT2D eigenvalue weighted by Gasteiger charge is 2.29. The van der Waals surface area contributed by atoms with E-state index in [1.54, 1.807) is 11.1 Å². The summed E-state index contributed by atoms with van der Waals surface area (Å²) in [4.78, 5) is 24.4. The Kier molecular flexibility index (Phi) is 4.80. The summed E-state index contributed by atoms with van der Waals surface area (Å²) in [5.41, 5.74) is 0. The first kappa shape index (κ1) is 15.0. The average Bonchev–Trinajstić information content (AvgIpc) is 2.83. The van der Waals surface area contributed by atoms with Crippen molar-refractivity contribution in [1.29, 1.82) is 0 Å². The van der Waals surface area contributed by atoms with Gasteiger partial charge in [-0.1, -0.05) is 0 Å². The van der Waals surface area contributed by atoms with Crippen LogP contribution in [0.4, 0.5) is 0 Å². The monoisotopic (exact) mass is 343 g/mol. The highest BCUT2D eigenvalue weighted by atomic mass is 79.9. The van der Waals surface area contributed by atoms with Crippen molar-refractivity contribution in [2.45, 2.75) is 26.3 Å². The number of amides is 1. The topological polar surface area (TPSA) is 75.4 Å². The number of hydrogen-bond donors (Lipinski definition) is 1. The largest absolute Gasteiger partial charge is 0.481 e. The summed E-state index contributed by atoms with van der Waals surface area (Å²) in [5.74, 6) is -1.81. The van der Waals surface area contributed by atoms with Crippen LogP contribution in [0.25, 0.3) is 0 Å². The van der Waals surface area contributed by atoms with Gasteiger partial charge in [0.25, 0.3) is 0 Å². The number of rotatable bonds is 4. The minimum Gasteiger partial charge on any atom is -0.481 e. The molecule has 0 radical (unpaired) electrons. The number of aliphatic carboxylic acids is 1. The van der Waals surface area contributed by atoms with Crippen LogP contribution in [0, 0.1) is 11.8 Å². The van der Waals surface area contributed by atoms with Gasteiger partial charge in [-0.25, -0.2) is 0 Å². The molecule has 1 unspecified atom stereocenters. The minimum atomic E-state index is -1.06. The molecule has 7 heteroatoms. The first-order valence-corrected chi connectivity index (χ1v) is 7.46. The minimum absolute atomic E-state index is 0.280. The molecule has 1 aliphatic rings. The van der Waals surface area contributed by atoms with Crippen molar-refractivity contribution >= 4 is 27.8 Å². The van der Waals surface area contributed by atoms with Gasteiger partial charge in [0.1, 0.15) is 5.92 Å². The first-order valence-electron chi connectivity index (χ1n) is 6.67. The van der Waals surface area contributed by atoms with E-state index in [1.165, 1.54) is 6.92 Å². The van der Waals surface area contributed by atoms with Crippen molar-refractivity contribution in [2.24, 2.45) is 11.8 Å². The van der Waals surface area contributed by atoms with Gasteiger partial charge < -0.3 is 10.0 Å². The van der Waals surface area contributed by atoms with Crippen LogP contribution >= 0.6 is 15.9 Å². The molecule has 1 atom stereocenters. The molecular formula is C13H18BrN3O3. The second kappa shape index (κ2) is 6.39. The number of nitrogens with zero attached hydrogens (tertiary/aromatic N) is 3. The Morgan fingerprint density at radius 3 is 2.65 bits per heavy atom. The average molecular weight is 344 g/mol. The molecule has 2 rings (SSSR count). The van der Waals surface area contributed by atoms with E-state index in [-0.39, 0.29) is 5.91 Å². The lowest BCUT2D eigenvalue weighted by molar-refractivity contribution is -0.150. The van der Waals surface area contributed by atoms with Crippen molar-refractivity contribution in [3.05, 3.63) is 16.9 Å². The molecule has 1 aromatic heterocycles. The number of carboxylic acids is 1. The quantitative estimate of drug-likeness (QED) is 0.842. The summed E-state index contributed by atoms with van der Waals surface area (Å²) < 4.78 is 2.85. The van der Waals surface area contributed by atoms with Gasteiger partial charge in [0.2, 0.25) is 5.91 Å². The molecule has 1 fully saturated rings. The number of aromatic nitrogens is 2.